The van der Waals surface area contributed by atoms with Crippen molar-refractivity contribution in [3.63, 3.8) is 0 Å². The summed E-state index contributed by atoms with van der Waals surface area (Å²) in [4.78, 5) is 13.2. The number of anilines is 1. The van der Waals surface area contributed by atoms with Gasteiger partial charge in [-0.3, -0.25) is 4.79 Å². The minimum absolute atomic E-state index is 0.0146. The van der Waals surface area contributed by atoms with Crippen LogP contribution < -0.4 is 10.1 Å². The molecule has 1 fully saturated rings. The Balaban J connectivity index is 1.75. The van der Waals surface area contributed by atoms with Gasteiger partial charge in [0, 0.05) is 23.0 Å². The van der Waals surface area contributed by atoms with E-state index < -0.39 is 10.0 Å². The number of ether oxygens (including phenoxy) is 1. The molecule has 3 rings (SSSR count). The number of para-hydroxylation sites is 1. The van der Waals surface area contributed by atoms with Crippen LogP contribution >= 0.6 is 23.4 Å². The molecule has 2 aromatic carbocycles. The first-order valence-electron chi connectivity index (χ1n) is 8.77. The second kappa shape index (κ2) is 9.17. The predicted octanol–water partition coefficient (Wildman–Crippen LogP) is 3.86. The summed E-state index contributed by atoms with van der Waals surface area (Å²) in [6.45, 7) is 0.632. The molecular weight excluding hydrogens is 420 g/mol. The van der Waals surface area contributed by atoms with E-state index in [9.17, 15) is 13.2 Å². The fraction of sp³-hybridized carbons (Fsp3) is 0.316. The highest BCUT2D eigenvalue weighted by Gasteiger charge is 2.30. The molecule has 28 heavy (non-hydrogen) atoms. The number of carbonyl (C=O) groups excluding carboxylic acids is 1. The Morgan fingerprint density at radius 3 is 2.64 bits per heavy atom. The number of halogens is 1. The minimum atomic E-state index is -3.72. The minimum Gasteiger partial charge on any atom is -0.482 e. The lowest BCUT2D eigenvalue weighted by Crippen LogP contribution is -2.28. The lowest BCUT2D eigenvalue weighted by Gasteiger charge is -2.18. The Labute approximate surface area is 174 Å². The van der Waals surface area contributed by atoms with Gasteiger partial charge in [0.1, 0.15) is 10.6 Å². The van der Waals surface area contributed by atoms with Gasteiger partial charge < -0.3 is 10.1 Å². The summed E-state index contributed by atoms with van der Waals surface area (Å²) in [5, 5.41) is 3.08. The molecule has 0 bridgehead atoms. The van der Waals surface area contributed by atoms with Crippen LogP contribution in [0, 0.1) is 0 Å². The Hall–Kier alpha value is -1.74. The topological polar surface area (TPSA) is 75.7 Å². The largest absolute Gasteiger partial charge is 0.482 e. The smallest absolute Gasteiger partial charge is 0.262 e. The van der Waals surface area contributed by atoms with Gasteiger partial charge in [-0.1, -0.05) is 23.7 Å². The summed E-state index contributed by atoms with van der Waals surface area (Å²) in [6.07, 6.45) is 3.57. The molecule has 1 amide bonds. The normalized spacial score (nSPS) is 14.8. The average Bonchev–Trinajstić information content (AvgIpc) is 3.23. The molecule has 1 heterocycles. The van der Waals surface area contributed by atoms with Crippen LogP contribution in [0.5, 0.6) is 5.75 Å². The van der Waals surface area contributed by atoms with E-state index in [4.69, 9.17) is 16.3 Å². The number of rotatable bonds is 7. The first-order valence-corrected chi connectivity index (χ1v) is 11.8. The van der Waals surface area contributed by atoms with Crippen molar-refractivity contribution in [2.75, 3.05) is 31.3 Å². The van der Waals surface area contributed by atoms with E-state index in [1.54, 1.807) is 12.1 Å². The van der Waals surface area contributed by atoms with Crippen molar-refractivity contribution in [1.82, 2.24) is 4.31 Å². The number of benzene rings is 2. The highest BCUT2D eigenvalue weighted by Crippen LogP contribution is 2.31. The average molecular weight is 441 g/mol. The maximum atomic E-state index is 12.9. The molecule has 1 saturated heterocycles. The van der Waals surface area contributed by atoms with Gasteiger partial charge in [0.15, 0.2) is 6.61 Å². The summed E-state index contributed by atoms with van der Waals surface area (Å²) in [6, 6.07) is 11.8. The molecule has 1 aliphatic heterocycles. The molecule has 0 unspecified atom stereocenters. The fourth-order valence-corrected chi connectivity index (χ4v) is 5.41. The van der Waals surface area contributed by atoms with Crippen LogP contribution in [0.25, 0.3) is 0 Å². The van der Waals surface area contributed by atoms with Crippen molar-refractivity contribution >= 4 is 45.0 Å². The van der Waals surface area contributed by atoms with E-state index >= 15 is 0 Å². The van der Waals surface area contributed by atoms with Crippen LogP contribution in [0.4, 0.5) is 5.69 Å². The molecular formula is C19H21ClN2O4S2. The summed E-state index contributed by atoms with van der Waals surface area (Å²) in [5.74, 6) is -0.259. The molecule has 6 nitrogen and oxygen atoms in total. The maximum absolute atomic E-state index is 12.9. The van der Waals surface area contributed by atoms with Gasteiger partial charge in [-0.05, 0) is 49.4 Å². The Kier molecular flexibility index (Phi) is 6.87. The number of nitrogens with zero attached hydrogens (tertiary/aromatic N) is 1. The van der Waals surface area contributed by atoms with Crippen molar-refractivity contribution in [1.29, 1.82) is 0 Å². The SMILES string of the molecule is CSc1ccccc1NC(=O)COc1ccc(Cl)cc1S(=O)(=O)N1CCCC1. The summed E-state index contributed by atoms with van der Waals surface area (Å²) in [5.41, 5.74) is 0.685. The highest BCUT2D eigenvalue weighted by atomic mass is 35.5. The monoisotopic (exact) mass is 440 g/mol. The van der Waals surface area contributed by atoms with Gasteiger partial charge >= 0.3 is 0 Å². The molecule has 0 aliphatic carbocycles. The first-order chi connectivity index (χ1) is 13.4. The zero-order chi connectivity index (χ0) is 20.1. The number of amides is 1. The molecule has 0 aromatic heterocycles. The van der Waals surface area contributed by atoms with E-state index in [-0.39, 0.29) is 23.2 Å². The van der Waals surface area contributed by atoms with Crippen molar-refractivity contribution in [2.45, 2.75) is 22.6 Å². The van der Waals surface area contributed by atoms with Crippen molar-refractivity contribution in [3.8, 4) is 5.75 Å². The molecule has 150 valence electrons. The summed E-state index contributed by atoms with van der Waals surface area (Å²) >= 11 is 7.53. The van der Waals surface area contributed by atoms with E-state index in [0.717, 1.165) is 17.7 Å². The molecule has 0 radical (unpaired) electrons. The van der Waals surface area contributed by atoms with E-state index in [1.807, 2.05) is 24.5 Å². The summed E-state index contributed by atoms with van der Waals surface area (Å²) in [7, 11) is -3.72. The molecule has 9 heteroatoms. The van der Waals surface area contributed by atoms with E-state index in [0.29, 0.717) is 23.8 Å². The predicted molar refractivity (Wildman–Crippen MR) is 112 cm³/mol. The van der Waals surface area contributed by atoms with Gasteiger partial charge in [0.25, 0.3) is 5.91 Å². The number of thioether (sulfide) groups is 1. The number of sulfonamides is 1. The Morgan fingerprint density at radius 1 is 1.21 bits per heavy atom. The van der Waals surface area contributed by atoms with Crippen LogP contribution in [0.1, 0.15) is 12.8 Å². The Bertz CT molecular complexity index is 960. The number of hydrogen-bond donors (Lipinski definition) is 1. The zero-order valence-corrected chi connectivity index (χ0v) is 17.7. The van der Waals surface area contributed by atoms with Crippen LogP contribution in [0.2, 0.25) is 5.02 Å². The standard InChI is InChI=1S/C19H21ClN2O4S2/c1-27-17-7-3-2-6-15(17)21-19(23)13-26-16-9-8-14(20)12-18(16)28(24,25)22-10-4-5-11-22/h2-3,6-9,12H,4-5,10-11,13H2,1H3,(H,21,23). The summed E-state index contributed by atoms with van der Waals surface area (Å²) < 4.78 is 32.8. The van der Waals surface area contributed by atoms with Gasteiger partial charge in [-0.2, -0.15) is 4.31 Å². The van der Waals surface area contributed by atoms with Gasteiger partial charge in [-0.25, -0.2) is 8.42 Å². The van der Waals surface area contributed by atoms with Crippen LogP contribution in [-0.4, -0.2) is 44.6 Å². The third-order valence-corrected chi connectivity index (χ3v) is 7.28. The number of nitrogens with one attached hydrogen (secondary N) is 1. The zero-order valence-electron chi connectivity index (χ0n) is 15.4. The van der Waals surface area contributed by atoms with Crippen molar-refractivity contribution in [2.24, 2.45) is 0 Å². The highest BCUT2D eigenvalue weighted by molar-refractivity contribution is 7.98. The van der Waals surface area contributed by atoms with Crippen molar-refractivity contribution < 1.29 is 17.9 Å². The maximum Gasteiger partial charge on any atom is 0.262 e. The molecule has 0 atom stereocenters. The van der Waals surface area contributed by atoms with Gasteiger partial charge in [-0.15, -0.1) is 11.8 Å². The lowest BCUT2D eigenvalue weighted by atomic mass is 10.3. The van der Waals surface area contributed by atoms with Crippen LogP contribution in [0.3, 0.4) is 0 Å². The molecule has 1 N–H and O–H groups in total. The molecule has 2 aromatic rings. The van der Waals surface area contributed by atoms with Gasteiger partial charge in [0.2, 0.25) is 10.0 Å². The quantitative estimate of drug-likeness (QED) is 0.661. The molecule has 1 aliphatic rings. The van der Waals surface area contributed by atoms with Crippen molar-refractivity contribution in [3.05, 3.63) is 47.5 Å². The second-order valence-electron chi connectivity index (χ2n) is 6.24. The van der Waals surface area contributed by atoms with Crippen LogP contribution in [-0.2, 0) is 14.8 Å². The second-order valence-corrected chi connectivity index (χ2v) is 9.43. The first kappa shape index (κ1) is 21.0. The third kappa shape index (κ3) is 4.81. The Morgan fingerprint density at radius 2 is 1.93 bits per heavy atom. The van der Waals surface area contributed by atoms with Gasteiger partial charge in [0.05, 0.1) is 5.69 Å². The van der Waals surface area contributed by atoms with Crippen LogP contribution in [0.15, 0.2) is 52.3 Å². The third-order valence-electron chi connectivity index (χ3n) is 4.33. The number of carbonyl (C=O) groups is 1. The fourth-order valence-electron chi connectivity index (χ4n) is 2.95. The lowest BCUT2D eigenvalue weighted by molar-refractivity contribution is -0.118. The molecule has 0 spiro atoms. The van der Waals surface area contributed by atoms with E-state index in [2.05, 4.69) is 5.32 Å². The molecule has 0 saturated carbocycles. The van der Waals surface area contributed by atoms with E-state index in [1.165, 1.54) is 28.2 Å². The number of hydrogen-bond acceptors (Lipinski definition) is 5.